The van der Waals surface area contributed by atoms with E-state index in [4.69, 9.17) is 9.15 Å². The highest BCUT2D eigenvalue weighted by molar-refractivity contribution is 5.99. The van der Waals surface area contributed by atoms with E-state index in [0.29, 0.717) is 34.3 Å². The molecule has 2 heterocycles. The smallest absolute Gasteiger partial charge is 0.204 e. The van der Waals surface area contributed by atoms with Crippen LogP contribution in [-0.4, -0.2) is 15.8 Å². The number of hydrogen-bond acceptors (Lipinski definition) is 5. The number of fused-ring (bicyclic) bond motifs is 3. The van der Waals surface area contributed by atoms with Gasteiger partial charge in [0.1, 0.15) is 39.4 Å². The first-order valence-corrected chi connectivity index (χ1v) is 11.9. The summed E-state index contributed by atoms with van der Waals surface area (Å²) in [4.78, 5) is 13.4. The fourth-order valence-corrected chi connectivity index (χ4v) is 4.43. The van der Waals surface area contributed by atoms with Gasteiger partial charge in [-0.05, 0) is 82.2 Å². The topological polar surface area (TPSA) is 79.9 Å². The van der Waals surface area contributed by atoms with Crippen LogP contribution in [0.25, 0.3) is 28.0 Å². The molecule has 0 radical (unpaired) electrons. The molecule has 0 aliphatic carbocycles. The van der Waals surface area contributed by atoms with Crippen molar-refractivity contribution in [1.82, 2.24) is 0 Å². The van der Waals surface area contributed by atoms with Gasteiger partial charge >= 0.3 is 0 Å². The van der Waals surface area contributed by atoms with Crippen LogP contribution in [0.1, 0.15) is 71.9 Å². The van der Waals surface area contributed by atoms with Crippen molar-refractivity contribution in [2.75, 3.05) is 0 Å². The minimum Gasteiger partial charge on any atom is -0.508 e. The second-order valence-corrected chi connectivity index (χ2v) is 11.1. The van der Waals surface area contributed by atoms with Crippen LogP contribution in [0.3, 0.4) is 0 Å². The van der Waals surface area contributed by atoms with Gasteiger partial charge in [-0.15, -0.1) is 0 Å². The molecule has 0 fully saturated rings. The Morgan fingerprint density at radius 2 is 1.91 bits per heavy atom. The normalized spacial score (nSPS) is 15.5. The van der Waals surface area contributed by atoms with E-state index < -0.39 is 5.60 Å². The Kier molecular flexibility index (Phi) is 6.01. The Bertz CT molecular complexity index is 1380. The van der Waals surface area contributed by atoms with E-state index in [1.807, 2.05) is 26.0 Å². The number of phenolic OH excluding ortho intramolecular Hbond substituents is 2. The highest BCUT2D eigenvalue weighted by Gasteiger charge is 2.30. The first-order chi connectivity index (χ1) is 15.9. The highest BCUT2D eigenvalue weighted by atomic mass is 16.5. The summed E-state index contributed by atoms with van der Waals surface area (Å²) < 4.78 is 12.5. The van der Waals surface area contributed by atoms with Gasteiger partial charge in [0, 0.05) is 5.56 Å². The molecule has 5 nitrogen and oxygen atoms in total. The molecule has 5 heteroatoms. The molecule has 1 aliphatic heterocycles. The van der Waals surface area contributed by atoms with Crippen molar-refractivity contribution >= 4 is 28.0 Å². The largest absolute Gasteiger partial charge is 0.508 e. The Hall–Kier alpha value is -3.21. The summed E-state index contributed by atoms with van der Waals surface area (Å²) >= 11 is 0. The molecule has 1 aliphatic rings. The van der Waals surface area contributed by atoms with Crippen molar-refractivity contribution in [2.24, 2.45) is 5.41 Å². The minimum atomic E-state index is -0.559. The summed E-state index contributed by atoms with van der Waals surface area (Å²) in [6.45, 7) is 12.8. The molecule has 180 valence electrons. The molecule has 0 spiro atoms. The van der Waals surface area contributed by atoms with Crippen LogP contribution in [0, 0.1) is 5.41 Å². The molecule has 0 atom stereocenters. The van der Waals surface area contributed by atoms with Gasteiger partial charge in [-0.3, -0.25) is 4.79 Å². The fourth-order valence-electron chi connectivity index (χ4n) is 4.43. The zero-order valence-electron chi connectivity index (χ0n) is 20.9. The maximum absolute atomic E-state index is 13.4. The number of rotatable bonds is 5. The zero-order valence-corrected chi connectivity index (χ0v) is 20.9. The van der Waals surface area contributed by atoms with Crippen LogP contribution in [0.2, 0.25) is 0 Å². The lowest BCUT2D eigenvalue weighted by molar-refractivity contribution is 0.157. The molecule has 3 aromatic rings. The highest BCUT2D eigenvalue weighted by Crippen LogP contribution is 2.45. The molecule has 0 amide bonds. The average Bonchev–Trinajstić information content (AvgIpc) is 2.72. The Morgan fingerprint density at radius 3 is 2.62 bits per heavy atom. The van der Waals surface area contributed by atoms with E-state index in [0.717, 1.165) is 24.8 Å². The third-order valence-corrected chi connectivity index (χ3v) is 6.33. The van der Waals surface area contributed by atoms with E-state index in [9.17, 15) is 15.0 Å². The molecule has 2 aromatic carbocycles. The SMILES string of the molecule is CC(=CCc1c2c(c(O)c3c(=O)c4cc(O)ccc4oc13)C=CC(C)(C)O2)CCCC(C)(C)C. The van der Waals surface area contributed by atoms with Crippen molar-refractivity contribution in [3.63, 3.8) is 0 Å². The average molecular weight is 463 g/mol. The number of ether oxygens (including phenoxy) is 1. The van der Waals surface area contributed by atoms with Crippen LogP contribution in [0.4, 0.5) is 0 Å². The van der Waals surface area contributed by atoms with Crippen molar-refractivity contribution < 1.29 is 19.4 Å². The standard InChI is InChI=1S/C29H34O5/c1-17(8-7-14-28(2,3)4)9-11-20-26-19(13-15-29(5,6)34-26)24(31)23-25(32)21-16-18(30)10-12-22(21)33-27(20)23/h9-10,12-13,15-16,30-31H,7-8,11,14H2,1-6H3. The summed E-state index contributed by atoms with van der Waals surface area (Å²) in [5, 5.41) is 21.3. The zero-order chi connectivity index (χ0) is 24.8. The second-order valence-electron chi connectivity index (χ2n) is 11.1. The molecule has 0 saturated carbocycles. The van der Waals surface area contributed by atoms with Crippen molar-refractivity contribution in [2.45, 2.75) is 72.8 Å². The van der Waals surface area contributed by atoms with Crippen molar-refractivity contribution in [1.29, 1.82) is 0 Å². The number of benzene rings is 2. The van der Waals surface area contributed by atoms with Crippen molar-refractivity contribution in [3.05, 3.63) is 57.3 Å². The number of aromatic hydroxyl groups is 2. The predicted octanol–water partition coefficient (Wildman–Crippen LogP) is 7.25. The van der Waals surface area contributed by atoms with Gasteiger partial charge in [-0.2, -0.15) is 0 Å². The monoisotopic (exact) mass is 462 g/mol. The first-order valence-electron chi connectivity index (χ1n) is 11.9. The maximum atomic E-state index is 13.4. The maximum Gasteiger partial charge on any atom is 0.204 e. The minimum absolute atomic E-state index is 0.0318. The molecule has 4 rings (SSSR count). The van der Waals surface area contributed by atoms with E-state index in [1.165, 1.54) is 17.7 Å². The summed E-state index contributed by atoms with van der Waals surface area (Å²) in [6, 6.07) is 4.43. The van der Waals surface area contributed by atoms with Gasteiger partial charge in [-0.1, -0.05) is 32.4 Å². The molecular formula is C29H34O5. The Balaban J connectivity index is 1.88. The Morgan fingerprint density at radius 1 is 1.18 bits per heavy atom. The first kappa shape index (κ1) is 23.9. The number of allylic oxidation sites excluding steroid dienone is 2. The molecule has 34 heavy (non-hydrogen) atoms. The van der Waals surface area contributed by atoms with Crippen LogP contribution < -0.4 is 10.2 Å². The van der Waals surface area contributed by atoms with E-state index in [-0.39, 0.29) is 27.7 Å². The van der Waals surface area contributed by atoms with E-state index >= 15 is 0 Å². The van der Waals surface area contributed by atoms with Crippen molar-refractivity contribution in [3.8, 4) is 17.2 Å². The second kappa shape index (κ2) is 8.53. The third kappa shape index (κ3) is 4.70. The van der Waals surface area contributed by atoms with E-state index in [2.05, 4.69) is 33.8 Å². The molecule has 0 bridgehead atoms. The lowest BCUT2D eigenvalue weighted by Gasteiger charge is -2.30. The van der Waals surface area contributed by atoms with Gasteiger partial charge in [0.05, 0.1) is 10.9 Å². The summed E-state index contributed by atoms with van der Waals surface area (Å²) in [5.74, 6) is 0.346. The molecule has 1 aromatic heterocycles. The quantitative estimate of drug-likeness (QED) is 0.308. The van der Waals surface area contributed by atoms with Gasteiger partial charge < -0.3 is 19.4 Å². The van der Waals surface area contributed by atoms with Gasteiger partial charge in [0.2, 0.25) is 5.43 Å². The third-order valence-electron chi connectivity index (χ3n) is 6.33. The van der Waals surface area contributed by atoms with Crippen LogP contribution in [0.15, 0.2) is 45.1 Å². The Labute approximate surface area is 200 Å². The lowest BCUT2D eigenvalue weighted by Crippen LogP contribution is -2.28. The molecule has 0 unspecified atom stereocenters. The summed E-state index contributed by atoms with van der Waals surface area (Å²) in [7, 11) is 0. The van der Waals surface area contributed by atoms with Gasteiger partial charge in [-0.25, -0.2) is 0 Å². The molecule has 2 N–H and O–H groups in total. The lowest BCUT2D eigenvalue weighted by atomic mass is 9.89. The molecular weight excluding hydrogens is 428 g/mol. The fraction of sp³-hybridized carbons (Fsp3) is 0.414. The van der Waals surface area contributed by atoms with Crippen LogP contribution in [0.5, 0.6) is 17.2 Å². The van der Waals surface area contributed by atoms with Crippen LogP contribution >= 0.6 is 0 Å². The molecule has 0 saturated heterocycles. The predicted molar refractivity (Wildman–Crippen MR) is 138 cm³/mol. The van der Waals surface area contributed by atoms with Crippen LogP contribution in [-0.2, 0) is 6.42 Å². The van der Waals surface area contributed by atoms with Gasteiger partial charge in [0.15, 0.2) is 0 Å². The summed E-state index contributed by atoms with van der Waals surface area (Å²) in [6.07, 6.45) is 9.59. The summed E-state index contributed by atoms with van der Waals surface area (Å²) in [5.41, 5.74) is 2.52. The number of hydrogen-bond donors (Lipinski definition) is 2. The van der Waals surface area contributed by atoms with E-state index in [1.54, 1.807) is 6.07 Å². The van der Waals surface area contributed by atoms with Gasteiger partial charge in [0.25, 0.3) is 0 Å². The number of phenols is 2.